The summed E-state index contributed by atoms with van der Waals surface area (Å²) in [5.74, 6) is 0.00459. The molecule has 4 rings (SSSR count). The number of benzene rings is 3. The molecule has 6 heteroatoms. The quantitative estimate of drug-likeness (QED) is 0.395. The molecule has 190 valence electrons. The first-order chi connectivity index (χ1) is 17.5. The number of hydrogen-bond donors (Lipinski definition) is 0. The summed E-state index contributed by atoms with van der Waals surface area (Å²) in [5, 5.41) is 2.26. The number of ether oxygens (including phenoxy) is 2. The van der Waals surface area contributed by atoms with Crippen LogP contribution in [0.3, 0.4) is 0 Å². The lowest BCUT2D eigenvalue weighted by Gasteiger charge is -2.29. The number of hydrogen-bond acceptors (Lipinski definition) is 5. The third-order valence-electron chi connectivity index (χ3n) is 7.16. The number of likely N-dealkylation sites (tertiary alicyclic amines) is 1. The normalized spacial score (nSPS) is 19.8. The van der Waals surface area contributed by atoms with Gasteiger partial charge in [0.15, 0.2) is 0 Å². The summed E-state index contributed by atoms with van der Waals surface area (Å²) in [5.41, 5.74) is 2.09. The van der Waals surface area contributed by atoms with Gasteiger partial charge < -0.3 is 14.4 Å². The van der Waals surface area contributed by atoms with Crippen molar-refractivity contribution < 1.29 is 19.1 Å². The third-order valence-corrected chi connectivity index (χ3v) is 7.16. The Bertz CT molecular complexity index is 1190. The molecule has 0 aromatic heterocycles. The van der Waals surface area contributed by atoms with Crippen molar-refractivity contribution >= 4 is 22.6 Å². The van der Waals surface area contributed by atoms with Crippen LogP contribution in [0.4, 0.5) is 0 Å². The molecule has 1 aliphatic rings. The van der Waals surface area contributed by atoms with Crippen LogP contribution in [0.1, 0.15) is 43.4 Å². The molecule has 36 heavy (non-hydrogen) atoms. The fourth-order valence-corrected chi connectivity index (χ4v) is 5.46. The maximum atomic E-state index is 13.6. The number of amides is 1. The van der Waals surface area contributed by atoms with Gasteiger partial charge >= 0.3 is 5.97 Å². The van der Waals surface area contributed by atoms with Gasteiger partial charge in [-0.1, -0.05) is 61.5 Å². The maximum Gasteiger partial charge on any atom is 0.311 e. The number of methoxy groups -OCH3 is 1. The molecule has 0 saturated carbocycles. The zero-order valence-corrected chi connectivity index (χ0v) is 21.6. The fourth-order valence-electron chi connectivity index (χ4n) is 5.46. The van der Waals surface area contributed by atoms with Gasteiger partial charge in [-0.15, -0.1) is 0 Å². The minimum absolute atomic E-state index is 0.0524. The van der Waals surface area contributed by atoms with E-state index in [4.69, 9.17) is 9.47 Å². The highest BCUT2D eigenvalue weighted by Crippen LogP contribution is 2.48. The average molecular weight is 489 g/mol. The van der Waals surface area contributed by atoms with Gasteiger partial charge in [-0.3, -0.25) is 14.5 Å². The monoisotopic (exact) mass is 488 g/mol. The van der Waals surface area contributed by atoms with Crippen molar-refractivity contribution in [1.82, 2.24) is 9.80 Å². The molecule has 0 bridgehead atoms. The lowest BCUT2D eigenvalue weighted by atomic mass is 9.81. The van der Waals surface area contributed by atoms with Gasteiger partial charge in [-0.2, -0.15) is 0 Å². The molecule has 1 fully saturated rings. The van der Waals surface area contributed by atoms with Gasteiger partial charge in [0, 0.05) is 32.1 Å². The number of carbonyl (C=O) groups is 2. The molecular weight excluding hydrogens is 452 g/mol. The SMILES string of the molecule is CCCN(C)C(=O)CN1C[C@H](c2cccc3ccccc23)[C@@H](C(=O)OCC)[C@@H]1c1ccc(OC)cc1. The van der Waals surface area contributed by atoms with Crippen molar-refractivity contribution in [3.63, 3.8) is 0 Å². The summed E-state index contributed by atoms with van der Waals surface area (Å²) in [4.78, 5) is 30.7. The number of nitrogens with zero attached hydrogens (tertiary/aromatic N) is 2. The second kappa shape index (κ2) is 11.6. The van der Waals surface area contributed by atoms with E-state index in [2.05, 4.69) is 36.1 Å². The molecule has 1 aliphatic heterocycles. The van der Waals surface area contributed by atoms with Crippen molar-refractivity contribution in [2.24, 2.45) is 5.92 Å². The van der Waals surface area contributed by atoms with Crippen molar-refractivity contribution in [2.75, 3.05) is 40.4 Å². The Morgan fingerprint density at radius 2 is 1.72 bits per heavy atom. The topological polar surface area (TPSA) is 59.1 Å². The molecule has 0 N–H and O–H groups in total. The molecule has 0 unspecified atom stereocenters. The van der Waals surface area contributed by atoms with Gasteiger partial charge in [0.2, 0.25) is 5.91 Å². The Balaban J connectivity index is 1.81. The highest BCUT2D eigenvalue weighted by atomic mass is 16.5. The molecule has 0 radical (unpaired) electrons. The van der Waals surface area contributed by atoms with Crippen molar-refractivity contribution in [1.29, 1.82) is 0 Å². The molecule has 3 aromatic rings. The predicted octanol–water partition coefficient (Wildman–Crippen LogP) is 5.04. The Morgan fingerprint density at radius 1 is 1.00 bits per heavy atom. The first kappa shape index (κ1) is 25.7. The Hall–Kier alpha value is -3.38. The van der Waals surface area contributed by atoms with E-state index in [1.54, 1.807) is 12.0 Å². The molecular formula is C30H36N2O4. The molecule has 1 saturated heterocycles. The van der Waals surface area contributed by atoms with Gasteiger partial charge in [-0.05, 0) is 47.4 Å². The summed E-state index contributed by atoms with van der Waals surface area (Å²) in [7, 11) is 3.48. The molecule has 1 amide bonds. The lowest BCUT2D eigenvalue weighted by Crippen LogP contribution is -2.39. The van der Waals surface area contributed by atoms with Crippen molar-refractivity contribution in [3.05, 3.63) is 77.9 Å². The van der Waals surface area contributed by atoms with E-state index in [9.17, 15) is 9.59 Å². The lowest BCUT2D eigenvalue weighted by molar-refractivity contribution is -0.149. The smallest absolute Gasteiger partial charge is 0.311 e. The van der Waals surface area contributed by atoms with Crippen LogP contribution in [-0.2, 0) is 14.3 Å². The zero-order valence-electron chi connectivity index (χ0n) is 21.6. The number of likely N-dealkylation sites (N-methyl/N-ethyl adjacent to an activating group) is 1. The molecule has 3 atom stereocenters. The number of carbonyl (C=O) groups excluding carboxylic acids is 2. The van der Waals surface area contributed by atoms with E-state index in [0.717, 1.165) is 34.1 Å². The largest absolute Gasteiger partial charge is 0.497 e. The predicted molar refractivity (Wildman–Crippen MR) is 142 cm³/mol. The summed E-state index contributed by atoms with van der Waals surface area (Å²) < 4.78 is 11.0. The van der Waals surface area contributed by atoms with Gasteiger partial charge in [0.1, 0.15) is 5.75 Å². The van der Waals surface area contributed by atoms with Crippen LogP contribution in [-0.4, -0.2) is 62.1 Å². The zero-order chi connectivity index (χ0) is 25.7. The molecule has 1 heterocycles. The summed E-state index contributed by atoms with van der Waals surface area (Å²) in [6, 6.07) is 22.0. The van der Waals surface area contributed by atoms with Crippen LogP contribution in [0.25, 0.3) is 10.8 Å². The number of fused-ring (bicyclic) bond motifs is 1. The molecule has 6 nitrogen and oxygen atoms in total. The van der Waals surface area contributed by atoms with Crippen LogP contribution in [0, 0.1) is 5.92 Å². The van der Waals surface area contributed by atoms with Gasteiger partial charge in [0.05, 0.1) is 26.2 Å². The van der Waals surface area contributed by atoms with E-state index < -0.39 is 5.92 Å². The van der Waals surface area contributed by atoms with Crippen LogP contribution in [0.5, 0.6) is 5.75 Å². The van der Waals surface area contributed by atoms with Gasteiger partial charge in [-0.25, -0.2) is 0 Å². The first-order valence-corrected chi connectivity index (χ1v) is 12.7. The van der Waals surface area contributed by atoms with E-state index in [1.807, 2.05) is 56.4 Å². The van der Waals surface area contributed by atoms with Crippen LogP contribution in [0.2, 0.25) is 0 Å². The maximum absolute atomic E-state index is 13.6. The van der Waals surface area contributed by atoms with Crippen LogP contribution < -0.4 is 4.74 Å². The Kier molecular flexibility index (Phi) is 8.26. The van der Waals surface area contributed by atoms with E-state index in [-0.39, 0.29) is 30.4 Å². The van der Waals surface area contributed by atoms with E-state index in [1.165, 1.54) is 0 Å². The van der Waals surface area contributed by atoms with Gasteiger partial charge in [0.25, 0.3) is 0 Å². The summed E-state index contributed by atoms with van der Waals surface area (Å²) in [6.45, 7) is 5.74. The summed E-state index contributed by atoms with van der Waals surface area (Å²) >= 11 is 0. The summed E-state index contributed by atoms with van der Waals surface area (Å²) in [6.07, 6.45) is 0.897. The minimum Gasteiger partial charge on any atom is -0.497 e. The number of rotatable bonds is 9. The Morgan fingerprint density at radius 3 is 2.42 bits per heavy atom. The van der Waals surface area contributed by atoms with Crippen molar-refractivity contribution in [3.8, 4) is 5.75 Å². The van der Waals surface area contributed by atoms with Crippen molar-refractivity contribution in [2.45, 2.75) is 32.2 Å². The second-order valence-electron chi connectivity index (χ2n) is 9.42. The first-order valence-electron chi connectivity index (χ1n) is 12.7. The van der Waals surface area contributed by atoms with E-state index >= 15 is 0 Å². The minimum atomic E-state index is -0.451. The van der Waals surface area contributed by atoms with Crippen LogP contribution >= 0.6 is 0 Å². The highest BCUT2D eigenvalue weighted by molar-refractivity contribution is 5.87. The van der Waals surface area contributed by atoms with Crippen LogP contribution in [0.15, 0.2) is 66.7 Å². The molecule has 0 spiro atoms. The van der Waals surface area contributed by atoms with E-state index in [0.29, 0.717) is 19.7 Å². The molecule has 0 aliphatic carbocycles. The highest BCUT2D eigenvalue weighted by Gasteiger charge is 2.49. The fraction of sp³-hybridized carbons (Fsp3) is 0.400. The average Bonchev–Trinajstić information content (AvgIpc) is 3.27. The third kappa shape index (κ3) is 5.24. The molecule has 3 aromatic carbocycles. The standard InChI is InChI=1S/C30H36N2O4/c1-5-18-31(3)27(33)20-32-19-26(25-13-9-11-21-10-7-8-12-24(21)25)28(30(34)36-6-2)29(32)22-14-16-23(35-4)17-15-22/h7-17,26,28-29H,5-6,18-20H2,1-4H3/t26-,28-,29+/m1/s1. The second-order valence-corrected chi connectivity index (χ2v) is 9.42. The number of esters is 1. The Labute approximate surface area is 213 Å².